The average Bonchev–Trinajstić information content (AvgIpc) is 2.37. The number of carbonyl (C=O) groups excluding carboxylic acids is 1. The van der Waals surface area contributed by atoms with E-state index < -0.39 is 0 Å². The molecule has 1 atom stereocenters. The molecule has 6 heteroatoms. The smallest absolute Gasteiger partial charge is 0.251 e. The van der Waals surface area contributed by atoms with Crippen LogP contribution in [0.4, 0.5) is 0 Å². The van der Waals surface area contributed by atoms with Crippen LogP contribution in [0.2, 0.25) is 0 Å². The molecule has 0 radical (unpaired) electrons. The highest BCUT2D eigenvalue weighted by molar-refractivity contribution is 5.93. The molecular formula is C13H20ClN3O2. The fraction of sp³-hybridized carbons (Fsp3) is 0.538. The molecule has 1 fully saturated rings. The van der Waals surface area contributed by atoms with Crippen molar-refractivity contribution in [3.8, 4) is 0 Å². The van der Waals surface area contributed by atoms with E-state index in [1.165, 1.54) is 12.3 Å². The summed E-state index contributed by atoms with van der Waals surface area (Å²) in [6.45, 7) is 4.77. The summed E-state index contributed by atoms with van der Waals surface area (Å²) < 4.78 is 0. The molecule has 19 heavy (non-hydrogen) atoms. The maximum absolute atomic E-state index is 11.9. The summed E-state index contributed by atoms with van der Waals surface area (Å²) in [4.78, 5) is 25.5. The fourth-order valence-corrected chi connectivity index (χ4v) is 2.25. The van der Waals surface area contributed by atoms with Crippen LogP contribution in [0.3, 0.4) is 0 Å². The van der Waals surface area contributed by atoms with Gasteiger partial charge in [-0.2, -0.15) is 0 Å². The van der Waals surface area contributed by atoms with Crippen LogP contribution >= 0.6 is 12.4 Å². The van der Waals surface area contributed by atoms with E-state index in [9.17, 15) is 9.59 Å². The quantitative estimate of drug-likeness (QED) is 0.773. The molecule has 2 heterocycles. The SMILES string of the molecule is CC1(CNC(=O)c2cc[nH]c(=O)c2)CCCNC1.Cl. The summed E-state index contributed by atoms with van der Waals surface area (Å²) in [5, 5.41) is 6.25. The Morgan fingerprint density at radius 1 is 1.53 bits per heavy atom. The zero-order chi connectivity index (χ0) is 13.0. The Balaban J connectivity index is 0.00000180. The monoisotopic (exact) mass is 285 g/mol. The second-order valence-electron chi connectivity index (χ2n) is 5.22. The lowest BCUT2D eigenvalue weighted by Crippen LogP contribution is -2.45. The Hall–Kier alpha value is -1.33. The van der Waals surface area contributed by atoms with E-state index in [4.69, 9.17) is 0 Å². The molecule has 0 bridgehead atoms. The van der Waals surface area contributed by atoms with Crippen LogP contribution in [-0.2, 0) is 0 Å². The third-order valence-corrected chi connectivity index (χ3v) is 3.40. The Kier molecular flexibility index (Phi) is 5.57. The lowest BCUT2D eigenvalue weighted by molar-refractivity contribution is 0.0924. The van der Waals surface area contributed by atoms with Gasteiger partial charge >= 0.3 is 0 Å². The Morgan fingerprint density at radius 2 is 2.32 bits per heavy atom. The number of rotatable bonds is 3. The van der Waals surface area contributed by atoms with Crippen molar-refractivity contribution < 1.29 is 4.79 Å². The van der Waals surface area contributed by atoms with E-state index in [1.807, 2.05) is 0 Å². The number of amides is 1. The summed E-state index contributed by atoms with van der Waals surface area (Å²) >= 11 is 0. The second kappa shape index (κ2) is 6.73. The Morgan fingerprint density at radius 3 is 2.95 bits per heavy atom. The lowest BCUT2D eigenvalue weighted by atomic mass is 9.83. The van der Waals surface area contributed by atoms with Crippen molar-refractivity contribution in [3.63, 3.8) is 0 Å². The molecule has 1 saturated heterocycles. The first kappa shape index (κ1) is 15.7. The van der Waals surface area contributed by atoms with Gasteiger partial charge in [-0.3, -0.25) is 9.59 Å². The molecule has 0 spiro atoms. The van der Waals surface area contributed by atoms with Crippen molar-refractivity contribution in [2.45, 2.75) is 19.8 Å². The van der Waals surface area contributed by atoms with Gasteiger partial charge < -0.3 is 15.6 Å². The number of hydrogen-bond donors (Lipinski definition) is 3. The first-order valence-corrected chi connectivity index (χ1v) is 6.27. The second-order valence-corrected chi connectivity index (χ2v) is 5.22. The molecule has 106 valence electrons. The summed E-state index contributed by atoms with van der Waals surface area (Å²) in [7, 11) is 0. The maximum atomic E-state index is 11.9. The predicted molar refractivity (Wildman–Crippen MR) is 76.9 cm³/mol. The summed E-state index contributed by atoms with van der Waals surface area (Å²) in [5.41, 5.74) is 0.258. The van der Waals surface area contributed by atoms with Crippen LogP contribution in [0, 0.1) is 5.41 Å². The average molecular weight is 286 g/mol. The number of halogens is 1. The highest BCUT2D eigenvalue weighted by atomic mass is 35.5. The first-order valence-electron chi connectivity index (χ1n) is 6.27. The highest BCUT2D eigenvalue weighted by Gasteiger charge is 2.27. The van der Waals surface area contributed by atoms with E-state index in [-0.39, 0.29) is 29.3 Å². The van der Waals surface area contributed by atoms with E-state index in [0.717, 1.165) is 25.9 Å². The van der Waals surface area contributed by atoms with Crippen molar-refractivity contribution in [2.24, 2.45) is 5.41 Å². The van der Waals surface area contributed by atoms with Gasteiger partial charge in [-0.15, -0.1) is 12.4 Å². The number of pyridine rings is 1. The summed E-state index contributed by atoms with van der Waals surface area (Å²) in [6, 6.07) is 2.93. The van der Waals surface area contributed by atoms with Crippen LogP contribution < -0.4 is 16.2 Å². The van der Waals surface area contributed by atoms with E-state index in [2.05, 4.69) is 22.5 Å². The van der Waals surface area contributed by atoms with Crippen molar-refractivity contribution in [3.05, 3.63) is 34.2 Å². The molecule has 0 saturated carbocycles. The van der Waals surface area contributed by atoms with Gasteiger partial charge in [0.15, 0.2) is 0 Å². The van der Waals surface area contributed by atoms with Crippen molar-refractivity contribution >= 4 is 18.3 Å². The van der Waals surface area contributed by atoms with Gasteiger partial charge in [-0.1, -0.05) is 6.92 Å². The lowest BCUT2D eigenvalue weighted by Gasteiger charge is -2.34. The molecule has 5 nitrogen and oxygen atoms in total. The maximum Gasteiger partial charge on any atom is 0.251 e. The summed E-state index contributed by atoms with van der Waals surface area (Å²) in [5.74, 6) is -0.187. The topological polar surface area (TPSA) is 74.0 Å². The largest absolute Gasteiger partial charge is 0.351 e. The molecular weight excluding hydrogens is 266 g/mol. The normalized spacial score (nSPS) is 22.4. The van der Waals surface area contributed by atoms with Gasteiger partial charge in [0.05, 0.1) is 0 Å². The van der Waals surface area contributed by atoms with Gasteiger partial charge in [-0.25, -0.2) is 0 Å². The molecule has 1 amide bonds. The van der Waals surface area contributed by atoms with E-state index in [1.54, 1.807) is 6.07 Å². The van der Waals surface area contributed by atoms with Crippen molar-refractivity contribution in [1.82, 2.24) is 15.6 Å². The number of piperidine rings is 1. The van der Waals surface area contributed by atoms with Crippen LogP contribution in [0.25, 0.3) is 0 Å². The zero-order valence-corrected chi connectivity index (χ0v) is 11.8. The van der Waals surface area contributed by atoms with Gasteiger partial charge in [0.25, 0.3) is 5.91 Å². The molecule has 1 aliphatic rings. The minimum Gasteiger partial charge on any atom is -0.351 e. The molecule has 1 aromatic rings. The Labute approximate surface area is 118 Å². The molecule has 0 aliphatic carbocycles. The van der Waals surface area contributed by atoms with Crippen LogP contribution in [-0.4, -0.2) is 30.5 Å². The number of H-pyrrole nitrogens is 1. The van der Waals surface area contributed by atoms with Crippen LogP contribution in [0.1, 0.15) is 30.1 Å². The van der Waals surface area contributed by atoms with Crippen LogP contribution in [0.15, 0.2) is 23.1 Å². The first-order chi connectivity index (χ1) is 8.59. The minimum absolute atomic E-state index is 0. The van der Waals surface area contributed by atoms with Crippen LogP contribution in [0.5, 0.6) is 0 Å². The number of aromatic amines is 1. The molecule has 1 aliphatic heterocycles. The minimum atomic E-state index is -0.256. The van der Waals surface area contributed by atoms with Crippen molar-refractivity contribution in [2.75, 3.05) is 19.6 Å². The Bertz CT molecular complexity index is 481. The number of nitrogens with one attached hydrogen (secondary N) is 3. The predicted octanol–water partition coefficient (Wildman–Crippen LogP) is 0.916. The van der Waals surface area contributed by atoms with E-state index >= 15 is 0 Å². The fourth-order valence-electron chi connectivity index (χ4n) is 2.25. The molecule has 3 N–H and O–H groups in total. The van der Waals surface area contributed by atoms with Gasteiger partial charge in [0.1, 0.15) is 0 Å². The standard InChI is InChI=1S/C13H19N3O2.ClH/c1-13(4-2-5-14-8-13)9-16-12(18)10-3-6-15-11(17)7-10;/h3,6-7,14H,2,4-5,8-9H2,1H3,(H,15,17)(H,16,18);1H. The van der Waals surface area contributed by atoms with Gasteiger partial charge in [-0.05, 0) is 30.9 Å². The zero-order valence-electron chi connectivity index (χ0n) is 11.0. The van der Waals surface area contributed by atoms with Crippen molar-refractivity contribution in [1.29, 1.82) is 0 Å². The molecule has 0 aromatic carbocycles. The summed E-state index contributed by atoms with van der Waals surface area (Å²) in [6.07, 6.45) is 3.73. The van der Waals surface area contributed by atoms with Gasteiger partial charge in [0, 0.05) is 30.9 Å². The van der Waals surface area contributed by atoms with Gasteiger partial charge in [0.2, 0.25) is 5.56 Å². The molecule has 2 rings (SSSR count). The van der Waals surface area contributed by atoms with E-state index in [0.29, 0.717) is 12.1 Å². The number of hydrogen-bond acceptors (Lipinski definition) is 3. The highest BCUT2D eigenvalue weighted by Crippen LogP contribution is 2.24. The molecule has 1 aromatic heterocycles. The third-order valence-electron chi connectivity index (χ3n) is 3.40. The number of carbonyl (C=O) groups is 1. The number of aromatic nitrogens is 1. The molecule has 1 unspecified atom stereocenters. The third kappa shape index (κ3) is 4.36.